The lowest BCUT2D eigenvalue weighted by Gasteiger charge is -2.18. The predicted octanol–water partition coefficient (Wildman–Crippen LogP) is 4.24. The fourth-order valence-electron chi connectivity index (χ4n) is 2.20. The molecule has 0 bridgehead atoms. The van der Waals surface area contributed by atoms with Gasteiger partial charge in [-0.1, -0.05) is 33.1 Å². The zero-order valence-corrected chi connectivity index (χ0v) is 13.5. The average Bonchev–Trinajstić information content (AvgIpc) is 2.43. The number of nitrogens with one attached hydrogen (secondary N) is 1. The van der Waals surface area contributed by atoms with Gasteiger partial charge in [0, 0.05) is 30.1 Å². The molecule has 20 heavy (non-hydrogen) atoms. The molecule has 0 radical (unpaired) electrons. The summed E-state index contributed by atoms with van der Waals surface area (Å²) in [6, 6.07) is 2.05. The first-order valence-electron chi connectivity index (χ1n) is 8.00. The molecule has 0 fully saturated rings. The van der Waals surface area contributed by atoms with Crippen LogP contribution in [0.4, 0.5) is 0 Å². The molecule has 114 valence electrons. The Bertz CT molecular complexity index is 379. The van der Waals surface area contributed by atoms with E-state index in [9.17, 15) is 0 Å². The number of hydrogen-bond acceptors (Lipinski definition) is 3. The molecule has 1 atom stereocenters. The van der Waals surface area contributed by atoms with Crippen LogP contribution in [0.5, 0.6) is 5.75 Å². The van der Waals surface area contributed by atoms with Crippen LogP contribution in [-0.2, 0) is 6.54 Å². The van der Waals surface area contributed by atoms with E-state index in [1.165, 1.54) is 25.7 Å². The van der Waals surface area contributed by atoms with E-state index >= 15 is 0 Å². The van der Waals surface area contributed by atoms with Crippen LogP contribution in [-0.4, -0.2) is 17.6 Å². The fourth-order valence-corrected chi connectivity index (χ4v) is 2.20. The molecule has 0 aliphatic rings. The van der Waals surface area contributed by atoms with E-state index in [0.29, 0.717) is 0 Å². The van der Waals surface area contributed by atoms with E-state index in [0.717, 1.165) is 36.5 Å². The van der Waals surface area contributed by atoms with E-state index in [4.69, 9.17) is 4.74 Å². The monoisotopic (exact) mass is 278 g/mol. The van der Waals surface area contributed by atoms with Gasteiger partial charge in [-0.2, -0.15) is 0 Å². The molecule has 1 aromatic heterocycles. The van der Waals surface area contributed by atoms with Gasteiger partial charge in [0.15, 0.2) is 0 Å². The van der Waals surface area contributed by atoms with Crippen molar-refractivity contribution >= 4 is 0 Å². The van der Waals surface area contributed by atoms with Gasteiger partial charge >= 0.3 is 0 Å². The van der Waals surface area contributed by atoms with E-state index in [1.807, 2.05) is 13.1 Å². The van der Waals surface area contributed by atoms with E-state index in [1.54, 1.807) is 0 Å². The highest BCUT2D eigenvalue weighted by molar-refractivity contribution is 5.33. The Morgan fingerprint density at radius 3 is 2.75 bits per heavy atom. The average molecular weight is 278 g/mol. The largest absolute Gasteiger partial charge is 0.490 e. The first kappa shape index (κ1) is 17.0. The number of aromatic nitrogens is 1. The standard InChI is InChI=1S/C17H30N2O/c1-5-7-8-9-10-15(4)20-17-11-14(3)19-13-16(17)12-18-6-2/h11,13,15,18H,5-10,12H2,1-4H3. The zero-order chi connectivity index (χ0) is 14.8. The number of unbranched alkanes of at least 4 members (excludes halogenated alkanes) is 3. The maximum Gasteiger partial charge on any atom is 0.127 e. The van der Waals surface area contributed by atoms with Crippen molar-refractivity contribution in [3.63, 3.8) is 0 Å². The summed E-state index contributed by atoms with van der Waals surface area (Å²) in [5.74, 6) is 0.987. The molecule has 0 amide bonds. The summed E-state index contributed by atoms with van der Waals surface area (Å²) in [7, 11) is 0. The molecule has 1 N–H and O–H groups in total. The second-order valence-corrected chi connectivity index (χ2v) is 5.49. The molecular weight excluding hydrogens is 248 g/mol. The second kappa shape index (κ2) is 9.76. The van der Waals surface area contributed by atoms with E-state index in [-0.39, 0.29) is 6.10 Å². The smallest absolute Gasteiger partial charge is 0.127 e. The van der Waals surface area contributed by atoms with E-state index in [2.05, 4.69) is 37.1 Å². The second-order valence-electron chi connectivity index (χ2n) is 5.49. The lowest BCUT2D eigenvalue weighted by molar-refractivity contribution is 0.203. The molecule has 0 aliphatic carbocycles. The van der Waals surface area contributed by atoms with Gasteiger partial charge in [-0.05, 0) is 33.2 Å². The SMILES string of the molecule is CCCCCCC(C)Oc1cc(C)ncc1CNCC. The van der Waals surface area contributed by atoms with Crippen LogP contribution in [0.25, 0.3) is 0 Å². The summed E-state index contributed by atoms with van der Waals surface area (Å²) in [4.78, 5) is 4.37. The summed E-state index contributed by atoms with van der Waals surface area (Å²) < 4.78 is 6.12. The van der Waals surface area contributed by atoms with Crippen LogP contribution in [0, 0.1) is 6.92 Å². The number of ether oxygens (including phenoxy) is 1. The van der Waals surface area contributed by atoms with Crippen molar-refractivity contribution in [1.29, 1.82) is 0 Å². The molecule has 0 saturated carbocycles. The summed E-state index contributed by atoms with van der Waals surface area (Å²) in [6.07, 6.45) is 8.50. The fraction of sp³-hybridized carbons (Fsp3) is 0.706. The minimum Gasteiger partial charge on any atom is -0.490 e. The van der Waals surface area contributed by atoms with Crippen LogP contribution in [0.2, 0.25) is 0 Å². The number of pyridine rings is 1. The summed E-state index contributed by atoms with van der Waals surface area (Å²) in [5.41, 5.74) is 2.16. The van der Waals surface area contributed by atoms with Gasteiger partial charge in [-0.15, -0.1) is 0 Å². The topological polar surface area (TPSA) is 34.1 Å². The van der Waals surface area contributed by atoms with Gasteiger partial charge in [-0.3, -0.25) is 4.98 Å². The Hall–Kier alpha value is -1.09. The van der Waals surface area contributed by atoms with Crippen molar-refractivity contribution in [1.82, 2.24) is 10.3 Å². The molecule has 0 aliphatic heterocycles. The quantitative estimate of drug-likeness (QED) is 0.650. The van der Waals surface area contributed by atoms with Crippen molar-refractivity contribution in [2.45, 2.75) is 72.4 Å². The summed E-state index contributed by atoms with van der Waals surface area (Å²) in [6.45, 7) is 10.3. The maximum atomic E-state index is 6.12. The van der Waals surface area contributed by atoms with Gasteiger partial charge in [0.1, 0.15) is 5.75 Å². The van der Waals surface area contributed by atoms with Crippen molar-refractivity contribution in [3.8, 4) is 5.75 Å². The van der Waals surface area contributed by atoms with Crippen LogP contribution < -0.4 is 10.1 Å². The zero-order valence-electron chi connectivity index (χ0n) is 13.5. The maximum absolute atomic E-state index is 6.12. The van der Waals surface area contributed by atoms with Crippen molar-refractivity contribution in [3.05, 3.63) is 23.5 Å². The highest BCUT2D eigenvalue weighted by Crippen LogP contribution is 2.21. The summed E-state index contributed by atoms with van der Waals surface area (Å²) in [5, 5.41) is 3.34. The van der Waals surface area contributed by atoms with Gasteiger partial charge in [-0.25, -0.2) is 0 Å². The van der Waals surface area contributed by atoms with E-state index < -0.39 is 0 Å². The number of nitrogens with zero attached hydrogens (tertiary/aromatic N) is 1. The Morgan fingerprint density at radius 1 is 1.25 bits per heavy atom. The third-order valence-corrected chi connectivity index (χ3v) is 3.44. The molecule has 3 heteroatoms. The molecule has 0 aromatic carbocycles. The highest BCUT2D eigenvalue weighted by atomic mass is 16.5. The molecule has 1 aromatic rings. The minimum absolute atomic E-state index is 0.272. The van der Waals surface area contributed by atoms with Gasteiger partial charge < -0.3 is 10.1 Å². The lowest BCUT2D eigenvalue weighted by Crippen LogP contribution is -2.17. The minimum atomic E-state index is 0.272. The predicted molar refractivity (Wildman–Crippen MR) is 85.2 cm³/mol. The Morgan fingerprint density at radius 2 is 2.05 bits per heavy atom. The lowest BCUT2D eigenvalue weighted by atomic mass is 10.1. The number of rotatable bonds is 10. The first-order chi connectivity index (χ1) is 9.67. The van der Waals surface area contributed by atoms with Crippen molar-refractivity contribution < 1.29 is 4.74 Å². The first-order valence-corrected chi connectivity index (χ1v) is 8.00. The Balaban J connectivity index is 2.53. The Labute approximate surface area is 124 Å². The number of hydrogen-bond donors (Lipinski definition) is 1. The molecule has 0 saturated heterocycles. The van der Waals surface area contributed by atoms with Crippen LogP contribution >= 0.6 is 0 Å². The van der Waals surface area contributed by atoms with Crippen LogP contribution in [0.1, 0.15) is 64.1 Å². The van der Waals surface area contributed by atoms with Gasteiger partial charge in [0.2, 0.25) is 0 Å². The molecule has 0 spiro atoms. The molecule has 1 heterocycles. The molecule has 1 rings (SSSR count). The van der Waals surface area contributed by atoms with Crippen molar-refractivity contribution in [2.24, 2.45) is 0 Å². The van der Waals surface area contributed by atoms with Gasteiger partial charge in [0.05, 0.1) is 6.10 Å². The highest BCUT2D eigenvalue weighted by Gasteiger charge is 2.09. The van der Waals surface area contributed by atoms with Gasteiger partial charge in [0.25, 0.3) is 0 Å². The molecule has 1 unspecified atom stereocenters. The van der Waals surface area contributed by atoms with Crippen LogP contribution in [0.15, 0.2) is 12.3 Å². The number of aryl methyl sites for hydroxylation is 1. The third kappa shape index (κ3) is 6.38. The molecular formula is C17H30N2O. The summed E-state index contributed by atoms with van der Waals surface area (Å²) >= 11 is 0. The van der Waals surface area contributed by atoms with Crippen molar-refractivity contribution in [2.75, 3.05) is 6.54 Å². The Kier molecular flexibility index (Phi) is 8.28. The third-order valence-electron chi connectivity index (χ3n) is 3.44. The normalized spacial score (nSPS) is 12.4. The van der Waals surface area contributed by atoms with Crippen LogP contribution in [0.3, 0.4) is 0 Å². The molecule has 3 nitrogen and oxygen atoms in total.